The molecule has 4 nitrogen and oxygen atoms in total. The minimum Gasteiger partial charge on any atom is -0.481 e. The molecular formula is C17H26O4Si. The third-order valence-corrected chi connectivity index (χ3v) is 8.71. The van der Waals surface area contributed by atoms with Crippen LogP contribution >= 0.6 is 0 Å². The highest BCUT2D eigenvalue weighted by molar-refractivity contribution is 6.74. The highest BCUT2D eigenvalue weighted by Gasteiger charge is 2.39. The molecule has 0 bridgehead atoms. The quantitative estimate of drug-likeness (QED) is 0.606. The maximum absolute atomic E-state index is 12.3. The van der Waals surface area contributed by atoms with E-state index in [9.17, 15) is 9.59 Å². The van der Waals surface area contributed by atoms with Crippen LogP contribution in [0.4, 0.5) is 0 Å². The molecule has 22 heavy (non-hydrogen) atoms. The molecule has 0 saturated heterocycles. The van der Waals surface area contributed by atoms with E-state index in [-0.39, 0.29) is 23.7 Å². The van der Waals surface area contributed by atoms with E-state index in [2.05, 4.69) is 33.9 Å². The Balaban J connectivity index is 2.86. The van der Waals surface area contributed by atoms with Crippen LogP contribution in [0.25, 0.3) is 0 Å². The van der Waals surface area contributed by atoms with E-state index in [1.54, 1.807) is 24.3 Å². The Morgan fingerprint density at radius 3 is 2.14 bits per heavy atom. The van der Waals surface area contributed by atoms with Crippen molar-refractivity contribution in [2.75, 3.05) is 0 Å². The largest absolute Gasteiger partial charge is 0.481 e. The van der Waals surface area contributed by atoms with Gasteiger partial charge in [-0.2, -0.15) is 0 Å². The number of rotatable bonds is 7. The molecule has 0 radical (unpaired) electrons. The summed E-state index contributed by atoms with van der Waals surface area (Å²) in [5.41, 5.74) is 0.594. The van der Waals surface area contributed by atoms with E-state index >= 15 is 0 Å². The Bertz CT molecular complexity index is 517. The van der Waals surface area contributed by atoms with Crippen LogP contribution in [0.1, 0.15) is 44.0 Å². The molecule has 0 saturated carbocycles. The number of ketones is 1. The van der Waals surface area contributed by atoms with E-state index in [0.29, 0.717) is 5.56 Å². The first-order chi connectivity index (χ1) is 10.0. The van der Waals surface area contributed by atoms with E-state index in [0.717, 1.165) is 0 Å². The van der Waals surface area contributed by atoms with Crippen LogP contribution in [-0.2, 0) is 9.22 Å². The lowest BCUT2D eigenvalue weighted by molar-refractivity contribution is -0.138. The smallest absolute Gasteiger partial charge is 0.305 e. The normalized spacial score (nSPS) is 13.7. The van der Waals surface area contributed by atoms with Gasteiger partial charge >= 0.3 is 5.97 Å². The Morgan fingerprint density at radius 1 is 1.14 bits per heavy atom. The maximum atomic E-state index is 12.3. The molecule has 0 spiro atoms. The average Bonchev–Trinajstić information content (AvgIpc) is 2.37. The van der Waals surface area contributed by atoms with Crippen LogP contribution in [0.5, 0.6) is 0 Å². The van der Waals surface area contributed by atoms with Crippen LogP contribution < -0.4 is 0 Å². The monoisotopic (exact) mass is 322 g/mol. The van der Waals surface area contributed by atoms with Crippen molar-refractivity contribution in [1.29, 1.82) is 0 Å². The Morgan fingerprint density at radius 2 is 1.68 bits per heavy atom. The van der Waals surface area contributed by atoms with Gasteiger partial charge in [-0.15, -0.1) is 0 Å². The summed E-state index contributed by atoms with van der Waals surface area (Å²) in [6, 6.07) is 8.93. The van der Waals surface area contributed by atoms with Gasteiger partial charge in [-0.25, -0.2) is 0 Å². The van der Waals surface area contributed by atoms with Crippen LogP contribution in [-0.4, -0.2) is 31.3 Å². The Kier molecular flexibility index (Phi) is 6.08. The minimum atomic E-state index is -2.12. The van der Waals surface area contributed by atoms with Gasteiger partial charge < -0.3 is 9.53 Å². The predicted octanol–water partition coefficient (Wildman–Crippen LogP) is 4.12. The minimum absolute atomic E-state index is 0.0282. The molecule has 0 fully saturated rings. The molecule has 0 heterocycles. The summed E-state index contributed by atoms with van der Waals surface area (Å²) >= 11 is 0. The molecule has 0 unspecified atom stereocenters. The second-order valence-corrected chi connectivity index (χ2v) is 11.8. The lowest BCUT2D eigenvalue weighted by Crippen LogP contribution is -2.44. The fourth-order valence-corrected chi connectivity index (χ4v) is 3.25. The number of benzene rings is 1. The summed E-state index contributed by atoms with van der Waals surface area (Å²) in [6.45, 7) is 10.4. The molecular weight excluding hydrogens is 296 g/mol. The summed E-state index contributed by atoms with van der Waals surface area (Å²) < 4.78 is 6.14. The zero-order valence-electron chi connectivity index (χ0n) is 14.1. The van der Waals surface area contributed by atoms with Crippen molar-refractivity contribution in [2.45, 2.75) is 57.8 Å². The first kappa shape index (κ1) is 18.6. The summed E-state index contributed by atoms with van der Waals surface area (Å²) in [6.07, 6.45) is -0.625. The second-order valence-electron chi connectivity index (χ2n) is 7.09. The maximum Gasteiger partial charge on any atom is 0.305 e. The summed E-state index contributed by atoms with van der Waals surface area (Å²) in [5.74, 6) is -1.02. The predicted molar refractivity (Wildman–Crippen MR) is 89.7 cm³/mol. The molecule has 0 aliphatic rings. The number of aliphatic carboxylic acids is 1. The van der Waals surface area contributed by atoms with Gasteiger partial charge in [0.05, 0.1) is 12.5 Å². The summed E-state index contributed by atoms with van der Waals surface area (Å²) in [7, 11) is -2.12. The number of carboxylic acid groups (broad SMARTS) is 1. The van der Waals surface area contributed by atoms with Gasteiger partial charge in [0.2, 0.25) is 0 Å². The van der Waals surface area contributed by atoms with Crippen molar-refractivity contribution in [3.05, 3.63) is 35.9 Å². The number of carboxylic acids is 1. The zero-order valence-corrected chi connectivity index (χ0v) is 15.1. The molecule has 1 N–H and O–H groups in total. The van der Waals surface area contributed by atoms with E-state index in [1.165, 1.54) is 0 Å². The van der Waals surface area contributed by atoms with Gasteiger partial charge in [-0.3, -0.25) is 9.59 Å². The number of hydrogen-bond donors (Lipinski definition) is 1. The SMILES string of the molecule is CC(C)(C)[Si](C)(C)O[C@H](CC(=O)O)CC(=O)c1ccccc1. The van der Waals surface area contributed by atoms with Gasteiger partial charge in [0.15, 0.2) is 14.1 Å². The van der Waals surface area contributed by atoms with Crippen LogP contribution in [0.15, 0.2) is 30.3 Å². The fraction of sp³-hybridized carbons (Fsp3) is 0.529. The first-order valence-electron chi connectivity index (χ1n) is 7.51. The molecule has 1 atom stereocenters. The Labute approximate surface area is 133 Å². The summed E-state index contributed by atoms with van der Waals surface area (Å²) in [5, 5.41) is 9.06. The third-order valence-electron chi connectivity index (χ3n) is 4.18. The van der Waals surface area contributed by atoms with Crippen molar-refractivity contribution in [1.82, 2.24) is 0 Å². The highest BCUT2D eigenvalue weighted by Crippen LogP contribution is 2.38. The van der Waals surface area contributed by atoms with Gasteiger partial charge in [0.1, 0.15) is 0 Å². The van der Waals surface area contributed by atoms with Gasteiger partial charge in [-0.05, 0) is 18.1 Å². The van der Waals surface area contributed by atoms with Crippen LogP contribution in [0, 0.1) is 0 Å². The van der Waals surface area contributed by atoms with Crippen LogP contribution in [0.2, 0.25) is 18.1 Å². The van der Waals surface area contributed by atoms with Crippen molar-refractivity contribution >= 4 is 20.1 Å². The molecule has 1 aromatic carbocycles. The molecule has 122 valence electrons. The number of hydrogen-bond acceptors (Lipinski definition) is 3. The van der Waals surface area contributed by atoms with Crippen LogP contribution in [0.3, 0.4) is 0 Å². The lowest BCUT2D eigenvalue weighted by atomic mass is 10.0. The van der Waals surface area contributed by atoms with Gasteiger partial charge in [0, 0.05) is 12.0 Å². The summed E-state index contributed by atoms with van der Waals surface area (Å²) in [4.78, 5) is 23.4. The molecule has 0 aliphatic carbocycles. The van der Waals surface area contributed by atoms with E-state index in [4.69, 9.17) is 9.53 Å². The number of carbonyl (C=O) groups is 2. The van der Waals surface area contributed by atoms with Crippen molar-refractivity contribution < 1.29 is 19.1 Å². The van der Waals surface area contributed by atoms with Crippen molar-refractivity contribution in [2.24, 2.45) is 0 Å². The third kappa shape index (κ3) is 5.39. The van der Waals surface area contributed by atoms with Crippen molar-refractivity contribution in [3.63, 3.8) is 0 Å². The van der Waals surface area contributed by atoms with Crippen molar-refractivity contribution in [3.8, 4) is 0 Å². The first-order valence-corrected chi connectivity index (χ1v) is 10.4. The van der Waals surface area contributed by atoms with Gasteiger partial charge in [-0.1, -0.05) is 51.1 Å². The topological polar surface area (TPSA) is 63.6 Å². The average molecular weight is 322 g/mol. The number of carbonyl (C=O) groups excluding carboxylic acids is 1. The zero-order chi connectivity index (χ0) is 17.0. The molecule has 1 rings (SSSR count). The highest BCUT2D eigenvalue weighted by atomic mass is 28.4. The number of Topliss-reactive ketones (excluding diaryl/α,β-unsaturated/α-hetero) is 1. The van der Waals surface area contributed by atoms with E-state index < -0.39 is 20.4 Å². The molecule has 0 aromatic heterocycles. The Hall–Kier alpha value is -1.46. The van der Waals surface area contributed by atoms with Gasteiger partial charge in [0.25, 0.3) is 0 Å². The molecule has 0 aliphatic heterocycles. The molecule has 0 amide bonds. The lowest BCUT2D eigenvalue weighted by Gasteiger charge is -2.39. The molecule has 5 heteroatoms. The standard InChI is InChI=1S/C17H26O4Si/c1-17(2,3)22(4,5)21-14(12-16(19)20)11-15(18)13-9-7-6-8-10-13/h6-10,14H,11-12H2,1-5H3,(H,19,20)/t14-/m0/s1. The van der Waals surface area contributed by atoms with E-state index in [1.807, 2.05) is 6.07 Å². The fourth-order valence-electron chi connectivity index (χ4n) is 1.89. The molecule has 1 aromatic rings. The second kappa shape index (κ2) is 7.20.